The number of hydrogen-bond acceptors (Lipinski definition) is 1. The van der Waals surface area contributed by atoms with Crippen molar-refractivity contribution in [3.8, 4) is 11.1 Å². The van der Waals surface area contributed by atoms with Crippen LogP contribution in [-0.4, -0.2) is 12.7 Å². The van der Waals surface area contributed by atoms with E-state index in [-0.39, 0.29) is 23.4 Å². The lowest BCUT2D eigenvalue weighted by Crippen LogP contribution is -2.23. The molecule has 4 heteroatoms. The Labute approximate surface area is 152 Å². The molecule has 0 amide bonds. The molecule has 0 saturated carbocycles. The van der Waals surface area contributed by atoms with E-state index in [9.17, 15) is 13.2 Å². The van der Waals surface area contributed by atoms with Gasteiger partial charge in [0.1, 0.15) is 5.82 Å². The predicted molar refractivity (Wildman–Crippen MR) is 97.7 cm³/mol. The number of halogens is 3. The maximum Gasteiger partial charge on any atom is 0.166 e. The third-order valence-electron chi connectivity index (χ3n) is 5.01. The average molecular weight is 360 g/mol. The zero-order valence-electron chi connectivity index (χ0n) is 14.9. The van der Waals surface area contributed by atoms with Crippen molar-refractivity contribution in [3.05, 3.63) is 71.6 Å². The molecule has 0 radical (unpaired) electrons. The summed E-state index contributed by atoms with van der Waals surface area (Å²) < 4.78 is 49.1. The number of benzene rings is 2. The molecule has 1 heterocycles. The first-order valence-electron chi connectivity index (χ1n) is 9.06. The molecule has 1 aliphatic heterocycles. The van der Waals surface area contributed by atoms with Crippen molar-refractivity contribution in [1.82, 2.24) is 0 Å². The molecule has 1 fully saturated rings. The Hall–Kier alpha value is -2.07. The Balaban J connectivity index is 1.88. The second-order valence-electron chi connectivity index (χ2n) is 6.77. The molecule has 2 aromatic rings. The summed E-state index contributed by atoms with van der Waals surface area (Å²) in [5.41, 5.74) is 1.33. The van der Waals surface area contributed by atoms with Crippen LogP contribution < -0.4 is 0 Å². The van der Waals surface area contributed by atoms with Crippen LogP contribution in [0.1, 0.15) is 43.2 Å². The van der Waals surface area contributed by atoms with Crippen LogP contribution in [0, 0.1) is 17.5 Å². The minimum Gasteiger partial charge on any atom is -0.374 e. The SMILES string of the molecule is C=CC1CCC(c2ccc(-c3ccc(CCC)c(F)c3)c(F)c2F)CO1. The van der Waals surface area contributed by atoms with Gasteiger partial charge in [-0.2, -0.15) is 0 Å². The number of ether oxygens (including phenoxy) is 1. The monoisotopic (exact) mass is 360 g/mol. The second kappa shape index (κ2) is 8.09. The van der Waals surface area contributed by atoms with Crippen LogP contribution in [0.15, 0.2) is 43.0 Å². The Bertz CT molecular complexity index is 792. The van der Waals surface area contributed by atoms with E-state index in [0.717, 1.165) is 12.8 Å². The lowest BCUT2D eigenvalue weighted by Gasteiger charge is -2.28. The zero-order valence-corrected chi connectivity index (χ0v) is 14.9. The van der Waals surface area contributed by atoms with Gasteiger partial charge < -0.3 is 4.74 Å². The highest BCUT2D eigenvalue weighted by atomic mass is 19.2. The van der Waals surface area contributed by atoms with E-state index in [2.05, 4.69) is 6.58 Å². The van der Waals surface area contributed by atoms with Gasteiger partial charge >= 0.3 is 0 Å². The van der Waals surface area contributed by atoms with Crippen LogP contribution >= 0.6 is 0 Å². The second-order valence-corrected chi connectivity index (χ2v) is 6.77. The Morgan fingerprint density at radius 1 is 1.12 bits per heavy atom. The molecule has 0 aliphatic carbocycles. The molecule has 1 nitrogen and oxygen atoms in total. The molecule has 0 N–H and O–H groups in total. The highest BCUT2D eigenvalue weighted by Gasteiger charge is 2.26. The first-order valence-corrected chi connectivity index (χ1v) is 9.06. The third-order valence-corrected chi connectivity index (χ3v) is 5.01. The fourth-order valence-corrected chi connectivity index (χ4v) is 3.49. The molecule has 138 valence electrons. The lowest BCUT2D eigenvalue weighted by atomic mass is 9.89. The van der Waals surface area contributed by atoms with E-state index in [1.807, 2.05) is 6.92 Å². The van der Waals surface area contributed by atoms with Gasteiger partial charge in [0.15, 0.2) is 11.6 Å². The largest absolute Gasteiger partial charge is 0.374 e. The van der Waals surface area contributed by atoms with Crippen molar-refractivity contribution >= 4 is 0 Å². The molecule has 2 aromatic carbocycles. The van der Waals surface area contributed by atoms with Gasteiger partial charge in [-0.3, -0.25) is 0 Å². The van der Waals surface area contributed by atoms with Gasteiger partial charge in [-0.15, -0.1) is 6.58 Å². The molecule has 0 bridgehead atoms. The van der Waals surface area contributed by atoms with Crippen molar-refractivity contribution in [2.24, 2.45) is 0 Å². The Kier molecular flexibility index (Phi) is 5.82. The van der Waals surface area contributed by atoms with Crippen LogP contribution in [-0.2, 0) is 11.2 Å². The topological polar surface area (TPSA) is 9.23 Å². The van der Waals surface area contributed by atoms with Crippen molar-refractivity contribution < 1.29 is 17.9 Å². The number of hydrogen-bond donors (Lipinski definition) is 0. The van der Waals surface area contributed by atoms with Gasteiger partial charge in [0.2, 0.25) is 0 Å². The minimum atomic E-state index is -0.934. The van der Waals surface area contributed by atoms with Crippen molar-refractivity contribution in [3.63, 3.8) is 0 Å². The summed E-state index contributed by atoms with van der Waals surface area (Å²) in [6.45, 7) is 6.00. The van der Waals surface area contributed by atoms with Crippen LogP contribution in [0.4, 0.5) is 13.2 Å². The molecule has 26 heavy (non-hydrogen) atoms. The van der Waals surface area contributed by atoms with Crippen LogP contribution in [0.3, 0.4) is 0 Å². The maximum absolute atomic E-state index is 14.7. The molecule has 2 unspecified atom stereocenters. The molecular weight excluding hydrogens is 337 g/mol. The highest BCUT2D eigenvalue weighted by molar-refractivity contribution is 5.65. The summed E-state index contributed by atoms with van der Waals surface area (Å²) in [4.78, 5) is 0. The summed E-state index contributed by atoms with van der Waals surface area (Å²) in [7, 11) is 0. The van der Waals surface area contributed by atoms with Crippen LogP contribution in [0.25, 0.3) is 11.1 Å². The molecule has 0 aromatic heterocycles. The fourth-order valence-electron chi connectivity index (χ4n) is 3.49. The van der Waals surface area contributed by atoms with E-state index < -0.39 is 11.6 Å². The molecule has 0 spiro atoms. The summed E-state index contributed by atoms with van der Waals surface area (Å²) >= 11 is 0. The van der Waals surface area contributed by atoms with E-state index >= 15 is 0 Å². The van der Waals surface area contributed by atoms with E-state index in [1.165, 1.54) is 12.1 Å². The Morgan fingerprint density at radius 3 is 2.54 bits per heavy atom. The lowest BCUT2D eigenvalue weighted by molar-refractivity contribution is 0.0320. The van der Waals surface area contributed by atoms with Crippen molar-refractivity contribution in [1.29, 1.82) is 0 Å². The summed E-state index contributed by atoms with van der Waals surface area (Å²) in [5, 5.41) is 0. The first-order chi connectivity index (χ1) is 12.5. The molecule has 3 rings (SSSR count). The maximum atomic E-state index is 14.7. The van der Waals surface area contributed by atoms with Gasteiger partial charge in [0.25, 0.3) is 0 Å². The minimum absolute atomic E-state index is 0.0250. The first kappa shape index (κ1) is 18.7. The van der Waals surface area contributed by atoms with Gasteiger partial charge in [-0.25, -0.2) is 13.2 Å². The smallest absolute Gasteiger partial charge is 0.166 e. The summed E-state index contributed by atoms with van der Waals surface area (Å²) in [5.74, 6) is -2.37. The van der Waals surface area contributed by atoms with Gasteiger partial charge in [0, 0.05) is 11.5 Å². The van der Waals surface area contributed by atoms with Crippen molar-refractivity contribution in [2.75, 3.05) is 6.61 Å². The normalized spacial score (nSPS) is 20.2. The summed E-state index contributed by atoms with van der Waals surface area (Å²) in [6.07, 6.45) is 4.60. The van der Waals surface area contributed by atoms with E-state index in [0.29, 0.717) is 36.1 Å². The van der Waals surface area contributed by atoms with Gasteiger partial charge in [0.05, 0.1) is 12.7 Å². The average Bonchev–Trinajstić information content (AvgIpc) is 2.66. The molecular formula is C22H23F3O. The zero-order chi connectivity index (χ0) is 18.7. The van der Waals surface area contributed by atoms with E-state index in [4.69, 9.17) is 4.74 Å². The van der Waals surface area contributed by atoms with E-state index in [1.54, 1.807) is 24.3 Å². The van der Waals surface area contributed by atoms with Crippen LogP contribution in [0.2, 0.25) is 0 Å². The van der Waals surface area contributed by atoms with Gasteiger partial charge in [-0.1, -0.05) is 43.7 Å². The quantitative estimate of drug-likeness (QED) is 0.579. The molecule has 1 saturated heterocycles. The predicted octanol–water partition coefficient (Wildman–Crippen LogP) is 6.17. The van der Waals surface area contributed by atoms with Crippen LogP contribution in [0.5, 0.6) is 0 Å². The van der Waals surface area contributed by atoms with Crippen molar-refractivity contribution in [2.45, 2.75) is 44.6 Å². The third kappa shape index (κ3) is 3.70. The summed E-state index contributed by atoms with van der Waals surface area (Å²) in [6, 6.07) is 7.68. The number of rotatable bonds is 5. The standard InChI is InChI=1S/C22H23F3O/c1-3-5-14-6-7-15(12-20(14)23)18-10-11-19(22(25)21(18)24)16-8-9-17(4-2)26-13-16/h4,6-7,10-12,16-17H,2-3,5,8-9,13H2,1H3. The molecule has 2 atom stereocenters. The number of aryl methyl sites for hydroxylation is 1. The van der Waals surface area contributed by atoms with Gasteiger partial charge in [-0.05, 0) is 42.0 Å². The fraction of sp³-hybridized carbons (Fsp3) is 0.364. The molecule has 1 aliphatic rings. The Morgan fingerprint density at radius 2 is 1.92 bits per heavy atom. The highest BCUT2D eigenvalue weighted by Crippen LogP contribution is 2.34.